The monoisotopic (exact) mass is 1140 g/mol. The number of benzene rings is 2. The third kappa shape index (κ3) is 23.7. The minimum absolute atomic E-state index is 0.0186. The molecule has 3 aliphatic carbocycles. The van der Waals surface area contributed by atoms with Gasteiger partial charge in [-0.15, -0.1) is 0 Å². The van der Waals surface area contributed by atoms with Gasteiger partial charge >= 0.3 is 53.7 Å². The van der Waals surface area contributed by atoms with Crippen LogP contribution in [-0.2, 0) is 76.3 Å². The molecule has 444 valence electrons. The molecule has 0 N–H and O–H groups in total. The van der Waals surface area contributed by atoms with Crippen LogP contribution in [-0.4, -0.2) is 127 Å². The van der Waals surface area contributed by atoms with Crippen molar-refractivity contribution in [1.29, 1.82) is 0 Å². The standard InChI is InChI=1S/C44H52O18.C15H24O4/c1-4-38(46)55-19-5-6-20-56-39(47)28-7-9-29(10-8-28)40(48)60-33-16-18-37(35(26-33)44(52)58-24-22-54-3)62-42(50)31-13-11-30(12-14-31)41(49)61-36-17-15-32(59-27-45)25-34(36)43(51)57-23-21-53-2;1-3-14(16)18-10-4-5-11-19-15(17)13-8-6-12(2)7-9-13/h4,15-18,25-31H,1,5-14,19-24H2,2-3H3;3,12-13H,1,4-11H2,2H3. The van der Waals surface area contributed by atoms with Crippen molar-refractivity contribution in [2.45, 2.75) is 110 Å². The van der Waals surface area contributed by atoms with E-state index in [4.69, 9.17) is 56.8 Å². The molecule has 22 heteroatoms. The van der Waals surface area contributed by atoms with Crippen LogP contribution in [0.1, 0.15) is 130 Å². The Morgan fingerprint density at radius 1 is 0.432 bits per heavy atom. The molecular weight excluding hydrogens is 1060 g/mol. The Morgan fingerprint density at radius 2 is 0.778 bits per heavy atom. The zero-order valence-electron chi connectivity index (χ0n) is 46.5. The highest BCUT2D eigenvalue weighted by Crippen LogP contribution is 2.36. The summed E-state index contributed by atoms with van der Waals surface area (Å²) in [6, 6.07) is 7.84. The number of rotatable bonds is 30. The summed E-state index contributed by atoms with van der Waals surface area (Å²) in [5.41, 5.74) is -0.301. The van der Waals surface area contributed by atoms with Gasteiger partial charge in [0, 0.05) is 26.4 Å². The summed E-state index contributed by atoms with van der Waals surface area (Å²) >= 11 is 0. The number of methoxy groups -OCH3 is 2. The molecule has 3 saturated carbocycles. The fourth-order valence-corrected chi connectivity index (χ4v) is 8.96. The maximum Gasteiger partial charge on any atom is 0.342 e. The van der Waals surface area contributed by atoms with E-state index in [-0.39, 0.29) is 130 Å². The summed E-state index contributed by atoms with van der Waals surface area (Å²) < 4.78 is 62.4. The van der Waals surface area contributed by atoms with Gasteiger partial charge in [-0.05, 0) is 145 Å². The van der Waals surface area contributed by atoms with E-state index in [1.165, 1.54) is 50.6 Å². The van der Waals surface area contributed by atoms with Gasteiger partial charge in [-0.25, -0.2) is 19.2 Å². The highest BCUT2D eigenvalue weighted by Gasteiger charge is 2.35. The smallest absolute Gasteiger partial charge is 0.342 e. The summed E-state index contributed by atoms with van der Waals surface area (Å²) in [6.45, 7) is 10.3. The minimum Gasteiger partial charge on any atom is -0.465 e. The van der Waals surface area contributed by atoms with Crippen molar-refractivity contribution in [2.75, 3.05) is 67.1 Å². The predicted octanol–water partition coefficient (Wildman–Crippen LogP) is 7.78. The van der Waals surface area contributed by atoms with Gasteiger partial charge in [-0.3, -0.25) is 28.8 Å². The van der Waals surface area contributed by atoms with Crippen molar-refractivity contribution in [3.8, 4) is 23.0 Å². The van der Waals surface area contributed by atoms with Gasteiger partial charge in [0.25, 0.3) is 6.47 Å². The van der Waals surface area contributed by atoms with E-state index < -0.39 is 59.5 Å². The van der Waals surface area contributed by atoms with Gasteiger partial charge in [0.1, 0.15) is 47.3 Å². The molecule has 0 saturated heterocycles. The van der Waals surface area contributed by atoms with Crippen molar-refractivity contribution in [3.05, 3.63) is 72.8 Å². The SMILES string of the molecule is C=CC(=O)OCCCCOC(=O)C1CCC(C(=O)Oc2ccc(OC(=O)C3CCC(C(=O)Oc4ccc(OC=O)cc4C(=O)OCCOC)CC3)c(C(=O)OCCOC)c2)CC1.C=CC(=O)OCCCCOC(=O)C1CCC(C)CC1. The Labute approximate surface area is 471 Å². The second kappa shape index (κ2) is 36.7. The molecule has 3 aliphatic rings. The Morgan fingerprint density at radius 3 is 1.16 bits per heavy atom. The number of unbranched alkanes of at least 4 members (excludes halogenated alkanes) is 2. The number of carbonyl (C=O) groups excluding carboxylic acids is 10. The number of hydrogen-bond donors (Lipinski definition) is 0. The lowest BCUT2D eigenvalue weighted by Crippen LogP contribution is -2.31. The van der Waals surface area contributed by atoms with Crippen molar-refractivity contribution in [3.63, 3.8) is 0 Å². The van der Waals surface area contributed by atoms with Crippen LogP contribution in [0.5, 0.6) is 23.0 Å². The van der Waals surface area contributed by atoms with E-state index in [1.807, 2.05) is 0 Å². The first-order chi connectivity index (χ1) is 39.1. The highest BCUT2D eigenvalue weighted by molar-refractivity contribution is 5.95. The molecule has 0 unspecified atom stereocenters. The fraction of sp³-hybridized carbons (Fsp3) is 0.559. The average molecular weight is 1140 g/mol. The van der Waals surface area contributed by atoms with E-state index in [1.54, 1.807) is 0 Å². The zero-order chi connectivity index (χ0) is 58.9. The number of carbonyl (C=O) groups is 10. The quantitative estimate of drug-likeness (QED) is 0.0180. The lowest BCUT2D eigenvalue weighted by atomic mass is 9.82. The van der Waals surface area contributed by atoms with E-state index in [9.17, 15) is 47.9 Å². The van der Waals surface area contributed by atoms with Gasteiger partial charge < -0.3 is 56.8 Å². The minimum atomic E-state index is -0.848. The molecule has 2 aromatic rings. The van der Waals surface area contributed by atoms with Gasteiger partial charge in [0.2, 0.25) is 0 Å². The molecular formula is C59H76O22. The highest BCUT2D eigenvalue weighted by atomic mass is 16.6. The maximum absolute atomic E-state index is 13.4. The van der Waals surface area contributed by atoms with Crippen molar-refractivity contribution in [2.24, 2.45) is 35.5 Å². The lowest BCUT2D eigenvalue weighted by Gasteiger charge is -2.26. The van der Waals surface area contributed by atoms with Crippen LogP contribution in [0.15, 0.2) is 61.7 Å². The molecule has 0 spiro atoms. The molecule has 22 nitrogen and oxygen atoms in total. The van der Waals surface area contributed by atoms with E-state index in [0.717, 1.165) is 50.2 Å². The van der Waals surface area contributed by atoms with Crippen molar-refractivity contribution < 1.29 is 105 Å². The topological polar surface area (TPSA) is 281 Å². The summed E-state index contributed by atoms with van der Waals surface area (Å²) in [7, 11) is 2.87. The third-order valence-corrected chi connectivity index (χ3v) is 13.7. The summed E-state index contributed by atoms with van der Waals surface area (Å²) in [5.74, 6) is -6.31. The van der Waals surface area contributed by atoms with E-state index in [2.05, 4.69) is 20.1 Å². The van der Waals surface area contributed by atoms with Crippen LogP contribution < -0.4 is 18.9 Å². The van der Waals surface area contributed by atoms with Crippen LogP contribution in [0.2, 0.25) is 0 Å². The first kappa shape index (κ1) is 66.1. The van der Waals surface area contributed by atoms with Gasteiger partial charge in [-0.2, -0.15) is 0 Å². The van der Waals surface area contributed by atoms with Crippen LogP contribution in [0.25, 0.3) is 0 Å². The molecule has 0 amide bonds. The van der Waals surface area contributed by atoms with Crippen LogP contribution in [0.4, 0.5) is 0 Å². The molecule has 0 atom stereocenters. The Hall–Kier alpha value is -7.46. The lowest BCUT2D eigenvalue weighted by molar-refractivity contribution is -0.152. The second-order valence-corrected chi connectivity index (χ2v) is 19.6. The predicted molar refractivity (Wildman–Crippen MR) is 286 cm³/mol. The van der Waals surface area contributed by atoms with Crippen molar-refractivity contribution in [1.82, 2.24) is 0 Å². The van der Waals surface area contributed by atoms with Gasteiger partial charge in [0.15, 0.2) is 0 Å². The third-order valence-electron chi connectivity index (χ3n) is 13.7. The van der Waals surface area contributed by atoms with Gasteiger partial charge in [-0.1, -0.05) is 20.1 Å². The second-order valence-electron chi connectivity index (χ2n) is 19.6. The fourth-order valence-electron chi connectivity index (χ4n) is 8.96. The molecule has 0 heterocycles. The normalized spacial score (nSPS) is 19.2. The average Bonchev–Trinajstić information content (AvgIpc) is 3.59. The van der Waals surface area contributed by atoms with Crippen LogP contribution in [0.3, 0.4) is 0 Å². The van der Waals surface area contributed by atoms with E-state index >= 15 is 0 Å². The molecule has 0 bridgehead atoms. The molecule has 0 radical (unpaired) electrons. The summed E-state index contributed by atoms with van der Waals surface area (Å²) in [6.07, 6.45) is 11.5. The molecule has 0 aromatic heterocycles. The van der Waals surface area contributed by atoms with Crippen LogP contribution in [0, 0.1) is 35.5 Å². The Bertz CT molecular complexity index is 2420. The number of esters is 9. The maximum atomic E-state index is 13.4. The first-order valence-corrected chi connectivity index (χ1v) is 27.4. The van der Waals surface area contributed by atoms with Gasteiger partial charge in [0.05, 0.1) is 69.2 Å². The molecule has 0 aliphatic heterocycles. The number of hydrogen-bond acceptors (Lipinski definition) is 22. The molecule has 3 fully saturated rings. The molecule has 2 aromatic carbocycles. The van der Waals surface area contributed by atoms with Crippen molar-refractivity contribution >= 4 is 60.2 Å². The first-order valence-electron chi connectivity index (χ1n) is 27.4. The molecule has 81 heavy (non-hydrogen) atoms. The summed E-state index contributed by atoms with van der Waals surface area (Å²) in [4.78, 5) is 123. The van der Waals surface area contributed by atoms with Crippen LogP contribution >= 0.6 is 0 Å². The largest absolute Gasteiger partial charge is 0.465 e. The number of ether oxygens (including phenoxy) is 12. The summed E-state index contributed by atoms with van der Waals surface area (Å²) in [5, 5.41) is 0. The molecule has 5 rings (SSSR count). The Kier molecular flexibility index (Phi) is 30.0. The Balaban J connectivity index is 0.000000626. The zero-order valence-corrected chi connectivity index (χ0v) is 46.5. The van der Waals surface area contributed by atoms with E-state index in [0.29, 0.717) is 58.2 Å².